The van der Waals surface area contributed by atoms with Crippen LogP contribution in [0.1, 0.15) is 44.0 Å². The number of halogens is 1. The van der Waals surface area contributed by atoms with Crippen molar-refractivity contribution in [2.24, 2.45) is 7.05 Å². The third-order valence-corrected chi connectivity index (χ3v) is 6.39. The van der Waals surface area contributed by atoms with Crippen LogP contribution in [0.15, 0.2) is 77.4 Å². The number of amides is 3. The Morgan fingerprint density at radius 2 is 1.71 bits per heavy atom. The lowest BCUT2D eigenvalue weighted by Crippen LogP contribution is -2.34. The first-order valence-corrected chi connectivity index (χ1v) is 13.9. The van der Waals surface area contributed by atoms with E-state index in [9.17, 15) is 14.4 Å². The predicted octanol–water partition coefficient (Wildman–Crippen LogP) is 6.02. The van der Waals surface area contributed by atoms with Crippen LogP contribution in [0.5, 0.6) is 5.75 Å². The molecule has 0 fully saturated rings. The molecular weight excluding hydrogens is 558 g/mol. The Hall–Kier alpha value is -4.57. The molecule has 1 aliphatic carbocycles. The van der Waals surface area contributed by atoms with Gasteiger partial charge < -0.3 is 25.4 Å². The molecule has 0 atom stereocenters. The van der Waals surface area contributed by atoms with Crippen molar-refractivity contribution in [1.29, 1.82) is 0 Å². The van der Waals surface area contributed by atoms with Gasteiger partial charge in [0, 0.05) is 35.0 Å². The van der Waals surface area contributed by atoms with E-state index < -0.39 is 11.7 Å². The lowest BCUT2D eigenvalue weighted by molar-refractivity contribution is -0.112. The summed E-state index contributed by atoms with van der Waals surface area (Å²) in [6.45, 7) is 5.83. The van der Waals surface area contributed by atoms with Crippen molar-refractivity contribution in [2.75, 3.05) is 23.8 Å². The smallest absolute Gasteiger partial charge is 0.407 e. The van der Waals surface area contributed by atoms with Crippen LogP contribution in [0.2, 0.25) is 0 Å². The predicted molar refractivity (Wildman–Crippen MR) is 163 cm³/mol. The van der Waals surface area contributed by atoms with E-state index in [1.165, 1.54) is 0 Å². The summed E-state index contributed by atoms with van der Waals surface area (Å²) in [6.07, 6.45) is 4.77. The summed E-state index contributed by atoms with van der Waals surface area (Å²) in [4.78, 5) is 37.3. The van der Waals surface area contributed by atoms with E-state index in [1.54, 1.807) is 75.0 Å². The van der Waals surface area contributed by atoms with Crippen molar-refractivity contribution in [3.05, 3.63) is 82.9 Å². The Kier molecular flexibility index (Phi) is 9.69. The second-order valence-electron chi connectivity index (χ2n) is 10.6. The molecule has 3 aromatic rings. The lowest BCUT2D eigenvalue weighted by atomic mass is 10.1. The van der Waals surface area contributed by atoms with E-state index in [1.807, 2.05) is 24.3 Å². The number of carbonyl (C=O) groups is 3. The van der Waals surface area contributed by atoms with Gasteiger partial charge >= 0.3 is 6.09 Å². The fraction of sp³-hybridized carbons (Fsp3) is 0.290. The number of hydrogen-bond acceptors (Lipinski definition) is 6. The maximum Gasteiger partial charge on any atom is 0.407 e. The van der Waals surface area contributed by atoms with Crippen LogP contribution in [0.3, 0.4) is 0 Å². The molecule has 220 valence electrons. The molecule has 1 aromatic heterocycles. The van der Waals surface area contributed by atoms with Gasteiger partial charge in [-0.25, -0.2) is 4.79 Å². The number of hydrogen-bond donors (Lipinski definition) is 3. The fourth-order valence-corrected chi connectivity index (χ4v) is 4.32. The number of ether oxygens (including phenoxy) is 2. The van der Waals surface area contributed by atoms with Gasteiger partial charge in [0.25, 0.3) is 11.8 Å². The molecule has 0 radical (unpaired) electrons. The van der Waals surface area contributed by atoms with E-state index in [0.29, 0.717) is 39.1 Å². The van der Waals surface area contributed by atoms with Gasteiger partial charge in [-0.3, -0.25) is 14.3 Å². The molecule has 4 rings (SSSR count). The minimum atomic E-state index is -0.578. The minimum absolute atomic E-state index is 0.209. The Morgan fingerprint density at radius 3 is 2.43 bits per heavy atom. The minimum Gasteiger partial charge on any atom is -0.492 e. The van der Waals surface area contributed by atoms with Gasteiger partial charge in [-0.15, -0.1) is 0 Å². The lowest BCUT2D eigenvalue weighted by Gasteiger charge is -2.19. The fourth-order valence-electron chi connectivity index (χ4n) is 4.05. The zero-order valence-electron chi connectivity index (χ0n) is 24.0. The number of carbonyl (C=O) groups excluding carboxylic acids is 3. The van der Waals surface area contributed by atoms with E-state index in [0.717, 1.165) is 18.4 Å². The zero-order valence-corrected chi connectivity index (χ0v) is 24.7. The molecule has 0 unspecified atom stereocenters. The summed E-state index contributed by atoms with van der Waals surface area (Å²) in [5.41, 5.74) is 2.40. The number of anilines is 2. The first-order chi connectivity index (χ1) is 20.0. The van der Waals surface area contributed by atoms with Crippen molar-refractivity contribution in [3.8, 4) is 17.0 Å². The highest BCUT2D eigenvalue weighted by atomic mass is 35.5. The number of benzene rings is 2. The van der Waals surface area contributed by atoms with Gasteiger partial charge in [-0.05, 0) is 63.9 Å². The first-order valence-electron chi connectivity index (χ1n) is 13.5. The standard InChI is InChI=1S/C31H34ClN5O5/c1-31(2,3)42-30(40)33-16-17-41-23-9-7-8-21(18-23)28(38)35-27-19-26(36-37(27)4)20-12-14-22(15-13-20)34-29(39)24-10-5-6-11-25(24)32/h7-15,18-19H,5-6,16-17H2,1-4H3,(H,33,40)(H,34,39)(H,35,38). The summed E-state index contributed by atoms with van der Waals surface area (Å²) >= 11 is 6.17. The van der Waals surface area contributed by atoms with Crippen molar-refractivity contribution in [2.45, 2.75) is 39.2 Å². The zero-order chi connectivity index (χ0) is 30.3. The van der Waals surface area contributed by atoms with Crippen LogP contribution in [-0.4, -0.2) is 46.4 Å². The van der Waals surface area contributed by atoms with Gasteiger partial charge in [-0.2, -0.15) is 5.10 Å². The Labute approximate surface area is 249 Å². The number of aryl methyl sites for hydroxylation is 1. The van der Waals surface area contributed by atoms with Crippen LogP contribution < -0.4 is 20.7 Å². The molecular formula is C31H34ClN5O5. The molecule has 0 saturated carbocycles. The SMILES string of the molecule is Cn1nc(-c2ccc(NC(=O)C3=CCCC=C3Cl)cc2)cc1NC(=O)c1cccc(OCCNC(=O)OC(C)(C)C)c1. The number of alkyl carbamates (subject to hydrolysis) is 1. The molecule has 3 amide bonds. The van der Waals surface area contributed by atoms with Crippen LogP contribution in [-0.2, 0) is 16.6 Å². The van der Waals surface area contributed by atoms with E-state index >= 15 is 0 Å². The molecule has 42 heavy (non-hydrogen) atoms. The average molecular weight is 592 g/mol. The van der Waals surface area contributed by atoms with Crippen molar-refractivity contribution in [3.63, 3.8) is 0 Å². The molecule has 0 saturated heterocycles. The van der Waals surface area contributed by atoms with Gasteiger partial charge in [0.05, 0.1) is 17.8 Å². The quantitative estimate of drug-likeness (QED) is 0.261. The molecule has 0 aliphatic heterocycles. The average Bonchev–Trinajstić information content (AvgIpc) is 3.30. The van der Waals surface area contributed by atoms with E-state index in [2.05, 4.69) is 21.0 Å². The van der Waals surface area contributed by atoms with Crippen molar-refractivity contribution >= 4 is 41.0 Å². The molecule has 10 nitrogen and oxygen atoms in total. The Bertz CT molecular complexity index is 1520. The molecule has 1 aliphatic rings. The molecule has 2 aromatic carbocycles. The third kappa shape index (κ3) is 8.47. The number of nitrogens with zero attached hydrogens (tertiary/aromatic N) is 2. The van der Waals surface area contributed by atoms with Crippen molar-refractivity contribution in [1.82, 2.24) is 15.1 Å². The van der Waals surface area contributed by atoms with Gasteiger partial charge in [0.1, 0.15) is 23.8 Å². The van der Waals surface area contributed by atoms with Crippen LogP contribution in [0, 0.1) is 0 Å². The number of aromatic nitrogens is 2. The third-order valence-electron chi connectivity index (χ3n) is 6.04. The highest BCUT2D eigenvalue weighted by Crippen LogP contribution is 2.26. The number of allylic oxidation sites excluding steroid dienone is 2. The summed E-state index contributed by atoms with van der Waals surface area (Å²) in [7, 11) is 1.74. The Morgan fingerprint density at radius 1 is 0.976 bits per heavy atom. The number of nitrogens with one attached hydrogen (secondary N) is 3. The van der Waals surface area contributed by atoms with Crippen LogP contribution >= 0.6 is 11.6 Å². The summed E-state index contributed by atoms with van der Waals surface area (Å²) in [5.74, 6) is 0.415. The second-order valence-corrected chi connectivity index (χ2v) is 11.0. The summed E-state index contributed by atoms with van der Waals surface area (Å²) in [5, 5.41) is 13.3. The van der Waals surface area contributed by atoms with Gasteiger partial charge in [0.15, 0.2) is 0 Å². The van der Waals surface area contributed by atoms with E-state index in [4.69, 9.17) is 21.1 Å². The topological polar surface area (TPSA) is 124 Å². The van der Waals surface area contributed by atoms with Crippen LogP contribution in [0.4, 0.5) is 16.3 Å². The Balaban J connectivity index is 1.32. The molecule has 0 bridgehead atoms. The molecule has 3 N–H and O–H groups in total. The largest absolute Gasteiger partial charge is 0.492 e. The van der Waals surface area contributed by atoms with Gasteiger partial charge in [0.2, 0.25) is 0 Å². The first kappa shape index (κ1) is 30.4. The maximum atomic E-state index is 13.0. The maximum absolute atomic E-state index is 13.0. The molecule has 0 spiro atoms. The van der Waals surface area contributed by atoms with E-state index in [-0.39, 0.29) is 25.0 Å². The normalized spacial score (nSPS) is 13.0. The van der Waals surface area contributed by atoms with Crippen LogP contribution in [0.25, 0.3) is 11.3 Å². The highest BCUT2D eigenvalue weighted by Gasteiger charge is 2.17. The second kappa shape index (κ2) is 13.4. The highest BCUT2D eigenvalue weighted by molar-refractivity contribution is 6.36. The molecule has 1 heterocycles. The summed E-state index contributed by atoms with van der Waals surface area (Å²) in [6, 6.07) is 15.8. The monoisotopic (exact) mass is 591 g/mol. The van der Waals surface area contributed by atoms with Gasteiger partial charge in [-0.1, -0.05) is 42.0 Å². The summed E-state index contributed by atoms with van der Waals surface area (Å²) < 4.78 is 12.5. The number of rotatable bonds is 9. The molecule has 11 heteroatoms. The van der Waals surface area contributed by atoms with Crippen molar-refractivity contribution < 1.29 is 23.9 Å².